The van der Waals surface area contributed by atoms with E-state index in [9.17, 15) is 4.79 Å². The molecule has 1 atom stereocenters. The molecule has 0 radical (unpaired) electrons. The van der Waals surface area contributed by atoms with Crippen LogP contribution in [0.5, 0.6) is 17.2 Å². The third-order valence-corrected chi connectivity index (χ3v) is 5.25. The smallest absolute Gasteiger partial charge is 0.226 e. The summed E-state index contributed by atoms with van der Waals surface area (Å²) in [5.41, 5.74) is 2.53. The van der Waals surface area contributed by atoms with Gasteiger partial charge in [0.25, 0.3) is 0 Å². The lowest BCUT2D eigenvalue weighted by Crippen LogP contribution is -2.25. The molecule has 1 N–H and O–H groups in total. The number of anilines is 1. The van der Waals surface area contributed by atoms with Gasteiger partial charge in [0, 0.05) is 28.5 Å². The van der Waals surface area contributed by atoms with E-state index in [2.05, 4.69) is 10.4 Å². The molecule has 3 aromatic rings. The van der Waals surface area contributed by atoms with Crippen molar-refractivity contribution in [2.45, 2.75) is 12.3 Å². The topological polar surface area (TPSA) is 74.6 Å². The van der Waals surface area contributed by atoms with Crippen LogP contribution in [0.3, 0.4) is 0 Å². The number of hydrogen-bond donors (Lipinski definition) is 1. The molecule has 1 aromatic heterocycles. The van der Waals surface area contributed by atoms with Crippen molar-refractivity contribution in [3.63, 3.8) is 0 Å². The molecule has 0 fully saturated rings. The van der Waals surface area contributed by atoms with Gasteiger partial charge in [-0.25, -0.2) is 4.68 Å². The van der Waals surface area contributed by atoms with Crippen molar-refractivity contribution in [3.8, 4) is 22.9 Å². The normalized spacial score (nSPS) is 15.4. The SMILES string of the molecule is COc1ccc([C@H]2CC(=O)Nc3c2cnn3-c2ccc(Cl)cc2)c(OC)c1OC. The predicted octanol–water partition coefficient (Wildman–Crippen LogP) is 4.03. The first-order chi connectivity index (χ1) is 14.1. The van der Waals surface area contributed by atoms with Gasteiger partial charge in [0.15, 0.2) is 11.5 Å². The molecule has 4 rings (SSSR count). The molecule has 1 amide bonds. The molecule has 0 unspecified atom stereocenters. The molecule has 2 heterocycles. The van der Waals surface area contributed by atoms with E-state index in [1.807, 2.05) is 24.3 Å². The van der Waals surface area contributed by atoms with Gasteiger partial charge < -0.3 is 19.5 Å². The van der Waals surface area contributed by atoms with Gasteiger partial charge in [0.05, 0.1) is 33.2 Å². The van der Waals surface area contributed by atoms with E-state index in [0.29, 0.717) is 28.1 Å². The van der Waals surface area contributed by atoms with Crippen LogP contribution in [0, 0.1) is 0 Å². The van der Waals surface area contributed by atoms with Gasteiger partial charge in [-0.2, -0.15) is 5.10 Å². The summed E-state index contributed by atoms with van der Waals surface area (Å²) in [6.45, 7) is 0. The number of rotatable bonds is 5. The molecule has 1 aliphatic rings. The number of carbonyl (C=O) groups excluding carboxylic acids is 1. The Morgan fingerprint density at radius 2 is 1.72 bits per heavy atom. The van der Waals surface area contributed by atoms with Gasteiger partial charge in [-0.1, -0.05) is 17.7 Å². The fourth-order valence-corrected chi connectivity index (χ4v) is 3.80. The van der Waals surface area contributed by atoms with Gasteiger partial charge in [-0.3, -0.25) is 4.79 Å². The summed E-state index contributed by atoms with van der Waals surface area (Å²) in [5, 5.41) is 8.07. The summed E-state index contributed by atoms with van der Waals surface area (Å²) in [7, 11) is 4.70. The molecule has 150 valence electrons. The van der Waals surface area contributed by atoms with E-state index < -0.39 is 0 Å². The van der Waals surface area contributed by atoms with Crippen LogP contribution in [0.15, 0.2) is 42.6 Å². The van der Waals surface area contributed by atoms with Gasteiger partial charge in [0.1, 0.15) is 5.82 Å². The number of nitrogens with zero attached hydrogens (tertiary/aromatic N) is 2. The van der Waals surface area contributed by atoms with E-state index in [1.54, 1.807) is 44.3 Å². The summed E-state index contributed by atoms with van der Waals surface area (Å²) >= 11 is 5.99. The summed E-state index contributed by atoms with van der Waals surface area (Å²) in [6, 6.07) is 11.0. The number of halogens is 1. The molecule has 0 saturated heterocycles. The first-order valence-corrected chi connectivity index (χ1v) is 9.37. The third-order valence-electron chi connectivity index (χ3n) is 5.00. The first-order valence-electron chi connectivity index (χ1n) is 9.00. The zero-order chi connectivity index (χ0) is 20.5. The molecule has 0 saturated carbocycles. The van der Waals surface area contributed by atoms with Crippen molar-refractivity contribution in [1.82, 2.24) is 9.78 Å². The Bertz CT molecular complexity index is 1060. The molecule has 7 nitrogen and oxygen atoms in total. The maximum Gasteiger partial charge on any atom is 0.226 e. The highest BCUT2D eigenvalue weighted by Gasteiger charge is 2.33. The number of amides is 1. The number of fused-ring (bicyclic) bond motifs is 1. The van der Waals surface area contributed by atoms with E-state index in [-0.39, 0.29) is 18.2 Å². The number of nitrogens with one attached hydrogen (secondary N) is 1. The Kier molecular flexibility index (Phi) is 5.07. The number of methoxy groups -OCH3 is 3. The van der Waals surface area contributed by atoms with Gasteiger partial charge in [-0.15, -0.1) is 0 Å². The maximum atomic E-state index is 12.6. The first kappa shape index (κ1) is 19.1. The molecule has 1 aliphatic heterocycles. The third kappa shape index (κ3) is 3.27. The molecule has 29 heavy (non-hydrogen) atoms. The van der Waals surface area contributed by atoms with Crippen molar-refractivity contribution in [1.29, 1.82) is 0 Å². The minimum atomic E-state index is -0.241. The van der Waals surface area contributed by atoms with Crippen LogP contribution in [0.1, 0.15) is 23.5 Å². The highest BCUT2D eigenvalue weighted by atomic mass is 35.5. The average molecular weight is 414 g/mol. The average Bonchev–Trinajstić information content (AvgIpc) is 3.16. The van der Waals surface area contributed by atoms with Crippen LogP contribution in [0.25, 0.3) is 5.69 Å². The molecule has 0 aliphatic carbocycles. The van der Waals surface area contributed by atoms with Crippen LogP contribution in [-0.2, 0) is 4.79 Å². The number of benzene rings is 2. The highest BCUT2D eigenvalue weighted by molar-refractivity contribution is 6.30. The van der Waals surface area contributed by atoms with Gasteiger partial charge in [0.2, 0.25) is 11.7 Å². The second-order valence-corrected chi connectivity index (χ2v) is 7.00. The van der Waals surface area contributed by atoms with Crippen molar-refractivity contribution in [3.05, 3.63) is 58.7 Å². The quantitative estimate of drug-likeness (QED) is 0.683. The maximum absolute atomic E-state index is 12.6. The zero-order valence-electron chi connectivity index (χ0n) is 16.2. The lowest BCUT2D eigenvalue weighted by Gasteiger charge is -2.26. The van der Waals surface area contributed by atoms with Crippen LogP contribution >= 0.6 is 11.6 Å². The number of ether oxygens (including phenoxy) is 3. The Hall–Kier alpha value is -3.19. The monoisotopic (exact) mass is 413 g/mol. The van der Waals surface area contributed by atoms with E-state index in [0.717, 1.165) is 16.8 Å². The van der Waals surface area contributed by atoms with E-state index >= 15 is 0 Å². The lowest BCUT2D eigenvalue weighted by atomic mass is 9.86. The molecule has 0 bridgehead atoms. The van der Waals surface area contributed by atoms with Crippen molar-refractivity contribution in [2.24, 2.45) is 0 Å². The minimum absolute atomic E-state index is 0.102. The van der Waals surface area contributed by atoms with Gasteiger partial charge >= 0.3 is 0 Å². The van der Waals surface area contributed by atoms with Gasteiger partial charge in [-0.05, 0) is 30.3 Å². The molecule has 2 aromatic carbocycles. The molecular formula is C21H20ClN3O4. The highest BCUT2D eigenvalue weighted by Crippen LogP contribution is 2.47. The number of aromatic nitrogens is 2. The standard InChI is InChI=1S/C21H20ClN3O4/c1-27-17-9-8-14(19(28-2)20(17)29-3)15-10-18(26)24-21-16(15)11-23-25(21)13-6-4-12(22)5-7-13/h4-9,11,15H,10H2,1-3H3,(H,24,26)/t15-/m1/s1. The van der Waals surface area contributed by atoms with Crippen molar-refractivity contribution < 1.29 is 19.0 Å². The lowest BCUT2D eigenvalue weighted by molar-refractivity contribution is -0.116. The fourth-order valence-electron chi connectivity index (χ4n) is 3.67. The zero-order valence-corrected chi connectivity index (χ0v) is 17.0. The van der Waals surface area contributed by atoms with E-state index in [4.69, 9.17) is 25.8 Å². The summed E-state index contributed by atoms with van der Waals surface area (Å²) in [5.74, 6) is 1.88. The predicted molar refractivity (Wildman–Crippen MR) is 110 cm³/mol. The summed E-state index contributed by atoms with van der Waals surface area (Å²) in [6.07, 6.45) is 2.04. The Labute approximate surface area is 173 Å². The van der Waals surface area contributed by atoms with Crippen LogP contribution < -0.4 is 19.5 Å². The fraction of sp³-hybridized carbons (Fsp3) is 0.238. The molecule has 8 heteroatoms. The second kappa shape index (κ2) is 7.67. The van der Waals surface area contributed by atoms with Crippen molar-refractivity contribution >= 4 is 23.3 Å². The minimum Gasteiger partial charge on any atom is -0.493 e. The molecular weight excluding hydrogens is 394 g/mol. The van der Waals surface area contributed by atoms with E-state index in [1.165, 1.54) is 0 Å². The Morgan fingerprint density at radius 3 is 2.38 bits per heavy atom. The summed E-state index contributed by atoms with van der Waals surface area (Å²) in [4.78, 5) is 12.6. The molecule has 0 spiro atoms. The van der Waals surface area contributed by atoms with Crippen molar-refractivity contribution in [2.75, 3.05) is 26.6 Å². The Morgan fingerprint density at radius 1 is 1.00 bits per heavy atom. The summed E-state index contributed by atoms with van der Waals surface area (Å²) < 4.78 is 18.2. The number of carbonyl (C=O) groups is 1. The van der Waals surface area contributed by atoms with Crippen LogP contribution in [-0.4, -0.2) is 37.0 Å². The Balaban J connectivity index is 1.85. The van der Waals surface area contributed by atoms with Crippen LogP contribution in [0.4, 0.5) is 5.82 Å². The largest absolute Gasteiger partial charge is 0.493 e. The second-order valence-electron chi connectivity index (χ2n) is 6.57. The van der Waals surface area contributed by atoms with Crippen LogP contribution in [0.2, 0.25) is 5.02 Å². The number of hydrogen-bond acceptors (Lipinski definition) is 5.